The van der Waals surface area contributed by atoms with E-state index in [9.17, 15) is 14.9 Å². The zero-order chi connectivity index (χ0) is 25.8. The highest BCUT2D eigenvalue weighted by atomic mass is 127. The molecule has 0 N–H and O–H groups in total. The Morgan fingerprint density at radius 3 is 2.53 bits per heavy atom. The topological polar surface area (TPSA) is 100 Å². The fraction of sp³-hybridized carbons (Fsp3) is 0.120. The van der Waals surface area contributed by atoms with Crippen LogP contribution < -0.4 is 9.47 Å². The highest BCUT2D eigenvalue weighted by Gasteiger charge is 2.26. The number of hydrogen-bond donors (Lipinski definition) is 0. The number of cyclic esters (lactones) is 1. The van der Waals surface area contributed by atoms with Gasteiger partial charge in [-0.3, -0.25) is 10.1 Å². The van der Waals surface area contributed by atoms with Crippen LogP contribution >= 0.6 is 45.8 Å². The zero-order valence-electron chi connectivity index (χ0n) is 18.7. The molecule has 8 nitrogen and oxygen atoms in total. The van der Waals surface area contributed by atoms with Gasteiger partial charge in [-0.1, -0.05) is 35.3 Å². The molecule has 3 aromatic carbocycles. The molecule has 1 heterocycles. The summed E-state index contributed by atoms with van der Waals surface area (Å²) in [5.74, 6) is 0.00692. The normalized spacial score (nSPS) is 13.9. The number of carbonyl (C=O) groups excluding carboxylic acids is 1. The number of rotatable bonds is 8. The summed E-state index contributed by atoms with van der Waals surface area (Å²) in [6.45, 7) is 2.50. The van der Waals surface area contributed by atoms with Gasteiger partial charge in [-0.25, -0.2) is 9.79 Å². The average Bonchev–Trinajstić information content (AvgIpc) is 3.20. The van der Waals surface area contributed by atoms with Crippen LogP contribution in [0.2, 0.25) is 10.0 Å². The predicted molar refractivity (Wildman–Crippen MR) is 145 cm³/mol. The summed E-state index contributed by atoms with van der Waals surface area (Å²) < 4.78 is 18.0. The molecule has 4 rings (SSSR count). The number of carbonyl (C=O) groups is 1. The number of halogens is 3. The Hall–Kier alpha value is -3.15. The minimum atomic E-state index is -0.712. The molecule has 0 aliphatic carbocycles. The largest absolute Gasteiger partial charge is 0.490 e. The third kappa shape index (κ3) is 5.97. The van der Waals surface area contributed by atoms with E-state index in [0.29, 0.717) is 35.3 Å². The first-order chi connectivity index (χ1) is 17.2. The van der Waals surface area contributed by atoms with Gasteiger partial charge >= 0.3 is 5.97 Å². The number of aliphatic imine (C=N–C) groups is 1. The second-order valence-electron chi connectivity index (χ2n) is 7.44. The molecule has 0 bridgehead atoms. The maximum atomic E-state index is 12.4. The van der Waals surface area contributed by atoms with Gasteiger partial charge in [-0.05, 0) is 83.1 Å². The standard InChI is InChI=1S/C25H17Cl2IN2O6/c1-2-34-22-11-15(9-19(27)23(22)35-13-14-3-6-17(28)7-4-14)10-20-25(31)36-24(29-20)16-5-8-18(26)21(12-16)30(32)33/h3-12H,2,13H2,1H3/b20-10-. The highest BCUT2D eigenvalue weighted by molar-refractivity contribution is 14.1. The van der Waals surface area contributed by atoms with Crippen molar-refractivity contribution in [1.82, 2.24) is 0 Å². The zero-order valence-corrected chi connectivity index (χ0v) is 22.3. The molecule has 184 valence electrons. The van der Waals surface area contributed by atoms with Crippen molar-refractivity contribution >= 4 is 69.4 Å². The molecule has 0 fully saturated rings. The predicted octanol–water partition coefficient (Wildman–Crippen LogP) is 6.83. The molecule has 36 heavy (non-hydrogen) atoms. The Kier molecular flexibility index (Phi) is 8.12. The Labute approximate surface area is 229 Å². The van der Waals surface area contributed by atoms with Gasteiger partial charge in [-0.2, -0.15) is 0 Å². The summed E-state index contributed by atoms with van der Waals surface area (Å²) in [5.41, 5.74) is 1.42. The molecule has 11 heteroatoms. The van der Waals surface area contributed by atoms with Crippen molar-refractivity contribution in [2.75, 3.05) is 6.61 Å². The van der Waals surface area contributed by atoms with Crippen LogP contribution in [-0.2, 0) is 16.1 Å². The van der Waals surface area contributed by atoms with Crippen molar-refractivity contribution in [1.29, 1.82) is 0 Å². The average molecular weight is 639 g/mol. The van der Waals surface area contributed by atoms with Crippen LogP contribution in [0, 0.1) is 13.7 Å². The third-order valence-electron chi connectivity index (χ3n) is 4.94. The fourth-order valence-electron chi connectivity index (χ4n) is 3.29. The lowest BCUT2D eigenvalue weighted by Crippen LogP contribution is -2.06. The van der Waals surface area contributed by atoms with E-state index < -0.39 is 10.9 Å². The van der Waals surface area contributed by atoms with Crippen molar-refractivity contribution in [2.24, 2.45) is 4.99 Å². The highest BCUT2D eigenvalue weighted by Crippen LogP contribution is 2.38. The van der Waals surface area contributed by atoms with E-state index in [2.05, 4.69) is 27.6 Å². The Bertz CT molecular complexity index is 1410. The van der Waals surface area contributed by atoms with Crippen LogP contribution in [0.3, 0.4) is 0 Å². The minimum Gasteiger partial charge on any atom is -0.490 e. The van der Waals surface area contributed by atoms with Crippen molar-refractivity contribution in [3.63, 3.8) is 0 Å². The van der Waals surface area contributed by atoms with Gasteiger partial charge in [0, 0.05) is 15.2 Å². The second kappa shape index (κ2) is 11.3. The van der Waals surface area contributed by atoms with E-state index >= 15 is 0 Å². The van der Waals surface area contributed by atoms with Gasteiger partial charge in [0.05, 0.1) is 16.6 Å². The van der Waals surface area contributed by atoms with Gasteiger partial charge < -0.3 is 14.2 Å². The number of benzene rings is 3. The van der Waals surface area contributed by atoms with Crippen LogP contribution in [0.25, 0.3) is 6.08 Å². The number of esters is 1. The first-order valence-electron chi connectivity index (χ1n) is 10.6. The second-order valence-corrected chi connectivity index (χ2v) is 9.50. The third-order valence-corrected chi connectivity index (χ3v) is 6.26. The van der Waals surface area contributed by atoms with Gasteiger partial charge in [0.25, 0.3) is 5.69 Å². The summed E-state index contributed by atoms with van der Waals surface area (Å²) in [5, 5.41) is 11.4. The number of hydrogen-bond acceptors (Lipinski definition) is 7. The van der Waals surface area contributed by atoms with Crippen molar-refractivity contribution in [3.05, 3.63) is 101 Å². The van der Waals surface area contributed by atoms with E-state index in [-0.39, 0.29) is 27.9 Å². The molecule has 0 amide bonds. The van der Waals surface area contributed by atoms with E-state index in [4.69, 9.17) is 37.4 Å². The van der Waals surface area contributed by atoms with Crippen molar-refractivity contribution in [2.45, 2.75) is 13.5 Å². The van der Waals surface area contributed by atoms with Crippen LogP contribution in [0.15, 0.2) is 65.3 Å². The lowest BCUT2D eigenvalue weighted by molar-refractivity contribution is -0.384. The molecule has 0 saturated heterocycles. The molecule has 0 aromatic heterocycles. The molecule has 3 aromatic rings. The van der Waals surface area contributed by atoms with Gasteiger partial charge in [0.1, 0.15) is 11.6 Å². The number of nitrogens with zero attached hydrogens (tertiary/aromatic N) is 2. The summed E-state index contributed by atoms with van der Waals surface area (Å²) in [7, 11) is 0. The fourth-order valence-corrected chi connectivity index (χ4v) is 4.11. The lowest BCUT2D eigenvalue weighted by Gasteiger charge is -2.14. The molecule has 1 aliphatic heterocycles. The Balaban J connectivity index is 1.62. The molecule has 0 atom stereocenters. The van der Waals surface area contributed by atoms with Crippen molar-refractivity contribution in [3.8, 4) is 11.5 Å². The maximum Gasteiger partial charge on any atom is 0.363 e. The smallest absolute Gasteiger partial charge is 0.363 e. The van der Waals surface area contributed by atoms with E-state index in [1.165, 1.54) is 24.3 Å². The first kappa shape index (κ1) is 25.9. The van der Waals surface area contributed by atoms with Crippen molar-refractivity contribution < 1.29 is 23.9 Å². The summed E-state index contributed by atoms with van der Waals surface area (Å²) >= 11 is 14.6. The molecule has 0 radical (unpaired) electrons. The monoisotopic (exact) mass is 638 g/mol. The Morgan fingerprint density at radius 1 is 1.08 bits per heavy atom. The molecular weight excluding hydrogens is 622 g/mol. The number of nitro groups is 1. The minimum absolute atomic E-state index is 0.00586. The van der Waals surface area contributed by atoms with E-state index in [0.717, 1.165) is 9.13 Å². The molecule has 1 aliphatic rings. The van der Waals surface area contributed by atoms with Crippen LogP contribution in [0.1, 0.15) is 23.6 Å². The first-order valence-corrected chi connectivity index (χ1v) is 12.4. The van der Waals surface area contributed by atoms with Gasteiger partial charge in [0.15, 0.2) is 17.2 Å². The number of nitro benzene ring substituents is 1. The molecule has 0 spiro atoms. The quantitative estimate of drug-likeness (QED) is 0.0882. The summed E-state index contributed by atoms with van der Waals surface area (Å²) in [6, 6.07) is 15.2. The van der Waals surface area contributed by atoms with E-state index in [1.807, 2.05) is 31.2 Å². The number of ether oxygens (including phenoxy) is 3. The van der Waals surface area contributed by atoms with Crippen LogP contribution in [-0.4, -0.2) is 23.4 Å². The van der Waals surface area contributed by atoms with Gasteiger partial charge in [-0.15, -0.1) is 0 Å². The molecule has 0 saturated carbocycles. The SMILES string of the molecule is CCOc1cc(/C=C2\N=C(c3ccc(Cl)c([N+](=O)[O-])c3)OC2=O)cc(Cl)c1OCc1ccc(I)cc1. The molecular formula is C25H17Cl2IN2O6. The van der Waals surface area contributed by atoms with E-state index in [1.54, 1.807) is 12.1 Å². The van der Waals surface area contributed by atoms with Crippen LogP contribution in [0.5, 0.6) is 11.5 Å². The summed E-state index contributed by atoms with van der Waals surface area (Å²) in [6.07, 6.45) is 1.48. The maximum absolute atomic E-state index is 12.4. The Morgan fingerprint density at radius 2 is 1.83 bits per heavy atom. The van der Waals surface area contributed by atoms with Gasteiger partial charge in [0.2, 0.25) is 5.90 Å². The summed E-state index contributed by atoms with van der Waals surface area (Å²) in [4.78, 5) is 27.2. The molecule has 0 unspecified atom stereocenters. The van der Waals surface area contributed by atoms with Crippen LogP contribution in [0.4, 0.5) is 5.69 Å². The lowest BCUT2D eigenvalue weighted by atomic mass is 10.1.